The first kappa shape index (κ1) is 38.4. The van der Waals surface area contributed by atoms with Crippen molar-refractivity contribution < 1.29 is 38.5 Å². The van der Waals surface area contributed by atoms with Crippen LogP contribution in [0.3, 0.4) is 0 Å². The maximum Gasteiger partial charge on any atom is 0.313 e. The number of likely N-dealkylation sites (tertiary alicyclic amines) is 1. The van der Waals surface area contributed by atoms with Gasteiger partial charge in [0.25, 0.3) is 5.91 Å². The molecule has 11 nitrogen and oxygen atoms in total. The van der Waals surface area contributed by atoms with E-state index in [9.17, 15) is 24.3 Å². The SMILES string of the molecule is C=CCCC(=O)N[C@@H](COC)[C@@H](OC(=O)[C@@H]1[C@H]2O[C@@]3(CC2Br)[C@H](C(=O)N(CC=C)c2c(C)cccc2C)N([C@H](C)CO)C(=O)[C@@H]13)c1ccccc1. The van der Waals surface area contributed by atoms with Gasteiger partial charge < -0.3 is 34.4 Å². The topological polar surface area (TPSA) is 135 Å². The summed E-state index contributed by atoms with van der Waals surface area (Å²) in [5.41, 5.74) is 1.69. The summed E-state index contributed by atoms with van der Waals surface area (Å²) in [6.07, 6.45) is 2.48. The summed E-state index contributed by atoms with van der Waals surface area (Å²) in [4.78, 5) is 59.7. The van der Waals surface area contributed by atoms with E-state index in [2.05, 4.69) is 34.4 Å². The molecular weight excluding hydrogens is 718 g/mol. The number of aryl methyl sites for hydroxylation is 2. The van der Waals surface area contributed by atoms with Gasteiger partial charge in [-0.2, -0.15) is 0 Å². The average Bonchev–Trinajstić information content (AvgIpc) is 3.71. The molecule has 2 aromatic carbocycles. The lowest BCUT2D eigenvalue weighted by Crippen LogP contribution is -2.59. The molecule has 3 aliphatic heterocycles. The van der Waals surface area contributed by atoms with E-state index in [4.69, 9.17) is 14.2 Å². The van der Waals surface area contributed by atoms with E-state index in [-0.39, 0.29) is 42.6 Å². The number of allylic oxidation sites excluding steroid dienone is 1. The van der Waals surface area contributed by atoms with E-state index < -0.39 is 66.3 Å². The first-order valence-corrected chi connectivity index (χ1v) is 18.2. The number of rotatable bonds is 16. The number of halogens is 1. The number of alkyl halides is 1. The van der Waals surface area contributed by atoms with Crippen LogP contribution < -0.4 is 10.2 Å². The van der Waals surface area contributed by atoms with E-state index in [0.717, 1.165) is 11.1 Å². The smallest absolute Gasteiger partial charge is 0.313 e. The highest BCUT2D eigenvalue weighted by Gasteiger charge is 2.77. The Labute approximate surface area is 308 Å². The van der Waals surface area contributed by atoms with Crippen LogP contribution in [0, 0.1) is 25.7 Å². The Kier molecular flexibility index (Phi) is 12.2. The highest BCUT2D eigenvalue weighted by Crippen LogP contribution is 2.61. The Balaban J connectivity index is 1.55. The Bertz CT molecular complexity index is 1620. The van der Waals surface area contributed by atoms with E-state index in [0.29, 0.717) is 17.7 Å². The molecule has 2 bridgehead atoms. The number of anilines is 1. The number of esters is 1. The van der Waals surface area contributed by atoms with Crippen molar-refractivity contribution in [2.24, 2.45) is 11.8 Å². The molecule has 3 amide bonds. The summed E-state index contributed by atoms with van der Waals surface area (Å²) in [6.45, 7) is 12.9. The van der Waals surface area contributed by atoms with Crippen LogP contribution in [0.5, 0.6) is 0 Å². The number of amides is 3. The second kappa shape index (κ2) is 16.2. The van der Waals surface area contributed by atoms with Crippen molar-refractivity contribution in [3.05, 3.63) is 90.5 Å². The number of carbonyl (C=O) groups excluding carboxylic acids is 4. The minimum Gasteiger partial charge on any atom is -0.455 e. The number of ether oxygens (including phenoxy) is 3. The standard InChI is InChI=1S/C39H48BrN3O8/c1-7-9-18-29(45)41-28(22-49-6)33(26-16-11-10-12-17-26)50-38(48)30-31-36(46)43(25(5)21-44)35(39(31)20-27(40)34(30)51-39)37(47)42(19-8-2)32-23(3)14-13-15-24(32)4/h7-8,10-17,25,27-28,30-31,33-35,44H,1-2,9,18-22H2,3-6H3,(H,41,45)/t25-,27?,28+,30+,31-,33+,34+,35+,39-/m1/s1. The highest BCUT2D eigenvalue weighted by molar-refractivity contribution is 9.09. The second-order valence-corrected chi connectivity index (χ2v) is 14.8. The summed E-state index contributed by atoms with van der Waals surface area (Å²) < 4.78 is 18.5. The summed E-state index contributed by atoms with van der Waals surface area (Å²) in [7, 11) is 1.50. The van der Waals surface area contributed by atoms with Gasteiger partial charge in [-0.3, -0.25) is 19.2 Å². The Morgan fingerprint density at radius 3 is 2.43 bits per heavy atom. The number of nitrogens with one attached hydrogen (secondary N) is 1. The first-order valence-electron chi connectivity index (χ1n) is 17.3. The van der Waals surface area contributed by atoms with Gasteiger partial charge in [0, 0.05) is 30.6 Å². The first-order chi connectivity index (χ1) is 24.4. The van der Waals surface area contributed by atoms with Crippen molar-refractivity contribution in [1.29, 1.82) is 0 Å². The number of hydrogen-bond acceptors (Lipinski definition) is 8. The lowest BCUT2D eigenvalue weighted by atomic mass is 9.70. The van der Waals surface area contributed by atoms with Gasteiger partial charge in [0.1, 0.15) is 17.7 Å². The minimum atomic E-state index is -1.39. The van der Waals surface area contributed by atoms with E-state index in [1.165, 1.54) is 12.0 Å². The molecule has 0 radical (unpaired) electrons. The van der Waals surface area contributed by atoms with Crippen LogP contribution in [-0.4, -0.2) is 95.2 Å². The van der Waals surface area contributed by atoms with E-state index in [1.54, 1.807) is 48.2 Å². The zero-order chi connectivity index (χ0) is 37.0. The molecule has 5 rings (SSSR count). The number of fused-ring (bicyclic) bond motifs is 1. The number of para-hydroxylation sites is 1. The molecule has 2 aromatic rings. The number of hydrogen-bond donors (Lipinski definition) is 2. The maximum atomic E-state index is 15.0. The van der Waals surface area contributed by atoms with Gasteiger partial charge in [-0.25, -0.2) is 0 Å². The van der Waals surface area contributed by atoms with Gasteiger partial charge in [0.15, 0.2) is 0 Å². The summed E-state index contributed by atoms with van der Waals surface area (Å²) in [5, 5.41) is 13.3. The predicted molar refractivity (Wildman–Crippen MR) is 196 cm³/mol. The van der Waals surface area contributed by atoms with Crippen molar-refractivity contribution in [3.8, 4) is 0 Å². The van der Waals surface area contributed by atoms with Gasteiger partial charge in [0.05, 0.1) is 43.2 Å². The largest absolute Gasteiger partial charge is 0.455 e. The zero-order valence-electron chi connectivity index (χ0n) is 29.6. The number of aliphatic hydroxyl groups is 1. The molecule has 0 aliphatic carbocycles. The van der Waals surface area contributed by atoms with Crippen LogP contribution in [0.2, 0.25) is 0 Å². The lowest BCUT2D eigenvalue weighted by molar-refractivity contribution is -0.163. The highest BCUT2D eigenvalue weighted by atomic mass is 79.9. The van der Waals surface area contributed by atoms with Crippen molar-refractivity contribution in [1.82, 2.24) is 10.2 Å². The number of benzene rings is 2. The van der Waals surface area contributed by atoms with Crippen molar-refractivity contribution in [3.63, 3.8) is 0 Å². The van der Waals surface area contributed by atoms with E-state index >= 15 is 0 Å². The normalized spacial score (nSPS) is 26.6. The molecular formula is C39H48BrN3O8. The van der Waals surface area contributed by atoms with Gasteiger partial charge in [-0.15, -0.1) is 13.2 Å². The zero-order valence-corrected chi connectivity index (χ0v) is 31.2. The molecule has 1 unspecified atom stereocenters. The molecule has 3 heterocycles. The molecule has 0 saturated carbocycles. The van der Waals surface area contributed by atoms with Crippen LogP contribution in [0.25, 0.3) is 0 Å². The van der Waals surface area contributed by atoms with Crippen LogP contribution in [0.1, 0.15) is 49.0 Å². The number of nitrogens with zero attached hydrogens (tertiary/aromatic N) is 2. The van der Waals surface area contributed by atoms with Crippen LogP contribution >= 0.6 is 15.9 Å². The average molecular weight is 767 g/mol. The van der Waals surface area contributed by atoms with Gasteiger partial charge in [-0.1, -0.05) is 76.6 Å². The fraction of sp³-hybridized carbons (Fsp3) is 0.487. The molecule has 1 spiro atoms. The third-order valence-electron chi connectivity index (χ3n) is 10.3. The molecule has 51 heavy (non-hydrogen) atoms. The quantitative estimate of drug-likeness (QED) is 0.147. The number of methoxy groups -OCH3 is 1. The lowest BCUT2D eigenvalue weighted by Gasteiger charge is -2.39. The predicted octanol–water partition coefficient (Wildman–Crippen LogP) is 4.33. The number of aliphatic hydroxyl groups excluding tert-OH is 1. The monoisotopic (exact) mass is 765 g/mol. The van der Waals surface area contributed by atoms with E-state index in [1.807, 2.05) is 38.1 Å². The summed E-state index contributed by atoms with van der Waals surface area (Å²) in [5.74, 6) is -3.94. The molecule has 3 fully saturated rings. The Morgan fingerprint density at radius 1 is 1.14 bits per heavy atom. The van der Waals surface area contributed by atoms with Gasteiger partial charge in [-0.05, 0) is 50.3 Å². The molecule has 3 saturated heterocycles. The number of carbonyl (C=O) groups is 4. The fourth-order valence-corrected chi connectivity index (χ4v) is 9.05. The molecule has 12 heteroatoms. The van der Waals surface area contributed by atoms with Crippen LogP contribution in [0.15, 0.2) is 73.8 Å². The van der Waals surface area contributed by atoms with Crippen molar-refractivity contribution in [2.45, 2.75) is 80.8 Å². The van der Waals surface area contributed by atoms with Gasteiger partial charge in [0.2, 0.25) is 11.8 Å². The third-order valence-corrected chi connectivity index (χ3v) is 11.1. The molecule has 0 aromatic heterocycles. The van der Waals surface area contributed by atoms with Crippen molar-refractivity contribution >= 4 is 45.3 Å². The summed E-state index contributed by atoms with van der Waals surface area (Å²) >= 11 is 3.73. The molecule has 2 N–H and O–H groups in total. The Morgan fingerprint density at radius 2 is 1.82 bits per heavy atom. The van der Waals surface area contributed by atoms with Crippen LogP contribution in [-0.2, 0) is 33.4 Å². The van der Waals surface area contributed by atoms with Gasteiger partial charge >= 0.3 is 5.97 Å². The maximum absolute atomic E-state index is 15.0. The summed E-state index contributed by atoms with van der Waals surface area (Å²) in [6, 6.07) is 12.1. The third kappa shape index (κ3) is 7.16. The van der Waals surface area contributed by atoms with Crippen molar-refractivity contribution in [2.75, 3.05) is 31.8 Å². The van der Waals surface area contributed by atoms with Crippen LogP contribution in [0.4, 0.5) is 5.69 Å². The second-order valence-electron chi connectivity index (χ2n) is 13.6. The molecule has 274 valence electrons. The minimum absolute atomic E-state index is 0.0421. The fourth-order valence-electron chi connectivity index (χ4n) is 8.10. The molecule has 3 aliphatic rings. The Hall–Kier alpha value is -3.84. The molecule has 9 atom stereocenters.